The number of carbonyl (C=O) groups excluding carboxylic acids is 3. The van der Waals surface area contributed by atoms with Gasteiger partial charge < -0.3 is 58.7 Å². The number of nitrogen functional groups attached to an aromatic ring is 3. The average molecular weight is 1010 g/mol. The van der Waals surface area contributed by atoms with E-state index in [0.29, 0.717) is 68.8 Å². The Morgan fingerprint density at radius 3 is 1.77 bits per heavy atom. The van der Waals surface area contributed by atoms with Crippen LogP contribution in [0.25, 0.3) is 0 Å². The Bertz CT molecular complexity index is 2860. The van der Waals surface area contributed by atoms with Gasteiger partial charge in [0.05, 0.1) is 40.2 Å². The van der Waals surface area contributed by atoms with Gasteiger partial charge in [0, 0.05) is 72.9 Å². The third-order valence-corrected chi connectivity index (χ3v) is 14.7. The summed E-state index contributed by atoms with van der Waals surface area (Å²) in [7, 11) is 0. The highest BCUT2D eigenvalue weighted by molar-refractivity contribution is 6.07. The first-order chi connectivity index (χ1) is 36.5. The molecule has 0 aromatic heterocycles. The van der Waals surface area contributed by atoms with E-state index in [1.807, 2.05) is 103 Å². The lowest BCUT2D eigenvalue weighted by Gasteiger charge is -2.34. The normalized spacial score (nSPS) is 17.3. The van der Waals surface area contributed by atoms with E-state index < -0.39 is 0 Å². The standard InChI is InChI=1S/C60H73N11O4/c1-40(36-45-6-4-10-56(57(45)63)69-60(74)43-14-18-46(19-15-43)65-48-25-30-64-31-26-48)38-71-33-27-49(28-34-71)66-47-20-12-42(13-21-47)58(72)68-55-24-11-41(37-53(55)62)39-70-32-5-7-50(29-35-70)75-51-22-16-44(17-23-51)59(73)67-54-9-3-2-8-52(54)61/h2-4,6,8-24,37,40,48-50,64-66H,5,7,25-36,38-39,61-63H2,1H3,(H,67,73)(H,68,72)(H,69,74). The molecule has 392 valence electrons. The molecule has 6 aromatic carbocycles. The predicted octanol–water partition coefficient (Wildman–Crippen LogP) is 9.54. The topological polar surface area (TPSA) is 217 Å². The van der Waals surface area contributed by atoms with E-state index in [2.05, 4.69) is 54.7 Å². The number of hydrogen-bond donors (Lipinski definition) is 9. The number of amides is 3. The minimum absolute atomic E-state index is 0.0694. The SMILES string of the molecule is CC(Cc1cccc(NC(=O)c2ccc(NC3CCNCC3)cc2)c1N)CN1CCC(Nc2ccc(C(=O)Nc3ccc(CN4CCCC(Oc5ccc(C(=O)Nc6ccccc6N)cc5)CC4)cc3N)cc2)CC1. The summed E-state index contributed by atoms with van der Waals surface area (Å²) in [5.41, 5.74) is 28.5. The number of nitrogens with one attached hydrogen (secondary N) is 6. The van der Waals surface area contributed by atoms with Gasteiger partial charge in [0.2, 0.25) is 0 Å². The van der Waals surface area contributed by atoms with Gasteiger partial charge in [-0.15, -0.1) is 0 Å². The lowest BCUT2D eigenvalue weighted by molar-refractivity contribution is 0.101. The van der Waals surface area contributed by atoms with E-state index in [4.69, 9.17) is 21.9 Å². The molecule has 3 saturated heterocycles. The highest BCUT2D eigenvalue weighted by Crippen LogP contribution is 2.29. The number of para-hydroxylation sites is 3. The molecule has 15 heteroatoms. The van der Waals surface area contributed by atoms with Crippen molar-refractivity contribution in [3.05, 3.63) is 161 Å². The summed E-state index contributed by atoms with van der Waals surface area (Å²) in [6, 6.07) is 42.3. The third kappa shape index (κ3) is 14.6. The maximum atomic E-state index is 13.4. The van der Waals surface area contributed by atoms with Crippen molar-refractivity contribution >= 4 is 63.2 Å². The van der Waals surface area contributed by atoms with Gasteiger partial charge in [0.1, 0.15) is 5.75 Å². The molecule has 6 aromatic rings. The molecular weight excluding hydrogens is 939 g/mol. The van der Waals surface area contributed by atoms with E-state index in [0.717, 1.165) is 132 Å². The van der Waals surface area contributed by atoms with E-state index >= 15 is 0 Å². The van der Waals surface area contributed by atoms with Gasteiger partial charge in [-0.1, -0.05) is 37.3 Å². The first-order valence-electron chi connectivity index (χ1n) is 26.7. The van der Waals surface area contributed by atoms with Crippen molar-refractivity contribution in [2.24, 2.45) is 5.92 Å². The average Bonchev–Trinajstić information content (AvgIpc) is 3.64. The summed E-state index contributed by atoms with van der Waals surface area (Å²) in [5, 5.41) is 19.6. The van der Waals surface area contributed by atoms with E-state index in [9.17, 15) is 14.4 Å². The number of nitrogens with two attached hydrogens (primary N) is 3. The van der Waals surface area contributed by atoms with Crippen LogP contribution in [0.2, 0.25) is 0 Å². The van der Waals surface area contributed by atoms with Gasteiger partial charge in [-0.3, -0.25) is 19.3 Å². The Hall–Kier alpha value is -7.59. The molecule has 75 heavy (non-hydrogen) atoms. The van der Waals surface area contributed by atoms with Crippen LogP contribution in [-0.4, -0.2) is 91.5 Å². The minimum atomic E-state index is -0.225. The Kier molecular flexibility index (Phi) is 17.5. The van der Waals surface area contributed by atoms with Crippen molar-refractivity contribution < 1.29 is 19.1 Å². The summed E-state index contributed by atoms with van der Waals surface area (Å²) in [6.07, 6.45) is 7.90. The molecule has 0 spiro atoms. The molecule has 9 rings (SSSR count). The van der Waals surface area contributed by atoms with Crippen LogP contribution in [0.1, 0.15) is 94.1 Å². The van der Waals surface area contributed by atoms with Crippen LogP contribution >= 0.6 is 0 Å². The highest BCUT2D eigenvalue weighted by atomic mass is 16.5. The van der Waals surface area contributed by atoms with Gasteiger partial charge in [-0.05, 0) is 191 Å². The van der Waals surface area contributed by atoms with Crippen molar-refractivity contribution in [3.8, 4) is 5.75 Å². The summed E-state index contributed by atoms with van der Waals surface area (Å²) in [4.78, 5) is 44.3. The molecule has 2 unspecified atom stereocenters. The van der Waals surface area contributed by atoms with Crippen molar-refractivity contribution in [2.45, 2.75) is 83.0 Å². The molecule has 3 aliphatic rings. The molecular formula is C60H73N11O4. The van der Waals surface area contributed by atoms with Crippen LogP contribution in [-0.2, 0) is 13.0 Å². The third-order valence-electron chi connectivity index (χ3n) is 14.7. The van der Waals surface area contributed by atoms with Crippen LogP contribution in [0.3, 0.4) is 0 Å². The summed E-state index contributed by atoms with van der Waals surface area (Å²) in [6.45, 7) is 9.80. The molecule has 2 atom stereocenters. The first kappa shape index (κ1) is 52.3. The lowest BCUT2D eigenvalue weighted by Crippen LogP contribution is -2.41. The number of hydrogen-bond acceptors (Lipinski definition) is 12. The number of ether oxygens (including phenoxy) is 1. The van der Waals surface area contributed by atoms with Crippen molar-refractivity contribution in [2.75, 3.05) is 89.6 Å². The molecule has 12 N–H and O–H groups in total. The molecule has 3 aliphatic heterocycles. The van der Waals surface area contributed by atoms with Gasteiger partial charge >= 0.3 is 0 Å². The first-order valence-corrected chi connectivity index (χ1v) is 26.7. The number of rotatable bonds is 18. The predicted molar refractivity (Wildman–Crippen MR) is 305 cm³/mol. The zero-order chi connectivity index (χ0) is 52.1. The fourth-order valence-corrected chi connectivity index (χ4v) is 10.5. The molecule has 15 nitrogen and oxygen atoms in total. The fourth-order valence-electron chi connectivity index (χ4n) is 10.5. The monoisotopic (exact) mass is 1010 g/mol. The van der Waals surface area contributed by atoms with Crippen molar-refractivity contribution in [3.63, 3.8) is 0 Å². The number of anilines is 8. The second-order valence-electron chi connectivity index (χ2n) is 20.6. The molecule has 3 fully saturated rings. The number of benzene rings is 6. The maximum absolute atomic E-state index is 13.4. The second kappa shape index (κ2) is 25.1. The smallest absolute Gasteiger partial charge is 0.255 e. The van der Waals surface area contributed by atoms with Crippen molar-refractivity contribution in [1.82, 2.24) is 15.1 Å². The number of likely N-dealkylation sites (tertiary alicyclic amines) is 2. The number of carbonyl (C=O) groups is 3. The molecule has 3 heterocycles. The zero-order valence-electron chi connectivity index (χ0n) is 43.1. The highest BCUT2D eigenvalue weighted by Gasteiger charge is 2.23. The Morgan fingerprint density at radius 2 is 1.15 bits per heavy atom. The van der Waals surface area contributed by atoms with Crippen LogP contribution < -0.4 is 53.8 Å². The van der Waals surface area contributed by atoms with E-state index in [1.54, 1.807) is 24.3 Å². The molecule has 0 bridgehead atoms. The quantitative estimate of drug-likeness (QED) is 0.0368. The summed E-state index contributed by atoms with van der Waals surface area (Å²) >= 11 is 0. The Morgan fingerprint density at radius 1 is 0.587 bits per heavy atom. The van der Waals surface area contributed by atoms with Gasteiger partial charge in [-0.25, -0.2) is 0 Å². The largest absolute Gasteiger partial charge is 0.490 e. The van der Waals surface area contributed by atoms with E-state index in [1.165, 1.54) is 0 Å². The van der Waals surface area contributed by atoms with Crippen LogP contribution in [0.15, 0.2) is 133 Å². The lowest BCUT2D eigenvalue weighted by atomic mass is 9.96. The number of nitrogens with zero attached hydrogens (tertiary/aromatic N) is 2. The fraction of sp³-hybridized carbons (Fsp3) is 0.350. The summed E-state index contributed by atoms with van der Waals surface area (Å²) < 4.78 is 6.36. The van der Waals surface area contributed by atoms with Gasteiger partial charge in [-0.2, -0.15) is 0 Å². The summed E-state index contributed by atoms with van der Waals surface area (Å²) in [5.74, 6) is 0.502. The van der Waals surface area contributed by atoms with Crippen LogP contribution in [0, 0.1) is 5.92 Å². The Labute approximate surface area is 441 Å². The van der Waals surface area contributed by atoms with Crippen LogP contribution in [0.4, 0.5) is 45.5 Å². The Balaban J connectivity index is 0.669. The maximum Gasteiger partial charge on any atom is 0.255 e. The molecule has 0 radical (unpaired) electrons. The molecule has 3 amide bonds. The molecule has 0 aliphatic carbocycles. The van der Waals surface area contributed by atoms with E-state index in [-0.39, 0.29) is 23.8 Å². The van der Waals surface area contributed by atoms with Crippen LogP contribution in [0.5, 0.6) is 5.75 Å². The molecule has 0 saturated carbocycles. The number of piperidine rings is 2. The van der Waals surface area contributed by atoms with Gasteiger partial charge in [0.25, 0.3) is 17.7 Å². The second-order valence-corrected chi connectivity index (χ2v) is 20.6. The zero-order valence-corrected chi connectivity index (χ0v) is 43.1. The van der Waals surface area contributed by atoms with Gasteiger partial charge in [0.15, 0.2) is 0 Å². The van der Waals surface area contributed by atoms with Crippen molar-refractivity contribution in [1.29, 1.82) is 0 Å². The minimum Gasteiger partial charge on any atom is -0.490 e.